The molecule has 1 aromatic carbocycles. The summed E-state index contributed by atoms with van der Waals surface area (Å²) < 4.78 is 5.54. The molecule has 2 aromatic rings. The number of nitrogens with zero attached hydrogens (tertiary/aromatic N) is 2. The minimum absolute atomic E-state index is 0.366. The monoisotopic (exact) mass is 240 g/mol. The second kappa shape index (κ2) is 7.86. The van der Waals surface area contributed by atoms with Crippen LogP contribution in [0.25, 0.3) is 0 Å². The molecule has 1 heterocycles. The number of nitriles is 1. The highest BCUT2D eigenvalue weighted by atomic mass is 16.5. The Morgan fingerprint density at radius 3 is 2.56 bits per heavy atom. The fourth-order valence-electron chi connectivity index (χ4n) is 1.30. The van der Waals surface area contributed by atoms with Crippen molar-refractivity contribution in [2.24, 2.45) is 0 Å². The van der Waals surface area contributed by atoms with Crippen LogP contribution < -0.4 is 4.74 Å². The van der Waals surface area contributed by atoms with E-state index >= 15 is 0 Å². The summed E-state index contributed by atoms with van der Waals surface area (Å²) in [5.74, 6) is 0.662. The van der Waals surface area contributed by atoms with E-state index in [1.807, 2.05) is 50.2 Å². The molecule has 0 unspecified atom stereocenters. The second-order valence-electron chi connectivity index (χ2n) is 3.26. The zero-order chi connectivity index (χ0) is 13.2. The Labute approximate surface area is 108 Å². The summed E-state index contributed by atoms with van der Waals surface area (Å²) in [6.07, 6.45) is 1.57. The van der Waals surface area contributed by atoms with Gasteiger partial charge in [0, 0.05) is 12.3 Å². The molecule has 0 bridgehead atoms. The van der Waals surface area contributed by atoms with Gasteiger partial charge < -0.3 is 4.74 Å². The Balaban J connectivity index is 0.000000771. The van der Waals surface area contributed by atoms with E-state index in [4.69, 9.17) is 10.00 Å². The van der Waals surface area contributed by atoms with Gasteiger partial charge in [-0.25, -0.2) is 4.98 Å². The van der Waals surface area contributed by atoms with Gasteiger partial charge >= 0.3 is 0 Å². The third kappa shape index (κ3) is 4.26. The molecule has 0 N–H and O–H groups in total. The molecular formula is C15H16N2O. The summed E-state index contributed by atoms with van der Waals surface area (Å²) in [6.45, 7) is 4.50. The highest BCUT2D eigenvalue weighted by Crippen LogP contribution is 2.12. The van der Waals surface area contributed by atoms with E-state index in [1.54, 1.807) is 18.3 Å². The predicted molar refractivity (Wildman–Crippen MR) is 71.1 cm³/mol. The van der Waals surface area contributed by atoms with Crippen LogP contribution >= 0.6 is 0 Å². The van der Waals surface area contributed by atoms with Crippen molar-refractivity contribution in [1.82, 2.24) is 4.98 Å². The first-order valence-electron chi connectivity index (χ1n) is 5.91. The van der Waals surface area contributed by atoms with E-state index in [0.29, 0.717) is 18.1 Å². The van der Waals surface area contributed by atoms with Crippen LogP contribution in [-0.2, 0) is 6.61 Å². The SMILES string of the molecule is CC.N#Cc1cc(OCc2ccccc2)ccn1. The fraction of sp³-hybridized carbons (Fsp3) is 0.200. The lowest BCUT2D eigenvalue weighted by molar-refractivity contribution is 0.306. The molecular weight excluding hydrogens is 224 g/mol. The van der Waals surface area contributed by atoms with Gasteiger partial charge in [0.15, 0.2) is 0 Å². The van der Waals surface area contributed by atoms with Gasteiger partial charge in [-0.3, -0.25) is 0 Å². The quantitative estimate of drug-likeness (QED) is 0.824. The van der Waals surface area contributed by atoms with Crippen molar-refractivity contribution < 1.29 is 4.74 Å². The van der Waals surface area contributed by atoms with Crippen molar-refractivity contribution in [3.8, 4) is 11.8 Å². The van der Waals surface area contributed by atoms with Gasteiger partial charge in [0.2, 0.25) is 0 Å². The van der Waals surface area contributed by atoms with E-state index in [2.05, 4.69) is 4.98 Å². The number of ether oxygens (including phenoxy) is 1. The lowest BCUT2D eigenvalue weighted by Gasteiger charge is -2.05. The van der Waals surface area contributed by atoms with E-state index in [1.165, 1.54) is 0 Å². The molecule has 0 fully saturated rings. The second-order valence-corrected chi connectivity index (χ2v) is 3.26. The van der Waals surface area contributed by atoms with Crippen LogP contribution in [-0.4, -0.2) is 4.98 Å². The fourth-order valence-corrected chi connectivity index (χ4v) is 1.30. The largest absolute Gasteiger partial charge is 0.489 e. The lowest BCUT2D eigenvalue weighted by Crippen LogP contribution is -1.95. The first-order valence-corrected chi connectivity index (χ1v) is 5.91. The average molecular weight is 240 g/mol. The Kier molecular flexibility index (Phi) is 5.99. The van der Waals surface area contributed by atoms with Gasteiger partial charge in [0.25, 0.3) is 0 Å². The average Bonchev–Trinajstić information content (AvgIpc) is 2.48. The third-order valence-corrected chi connectivity index (χ3v) is 2.09. The lowest BCUT2D eigenvalue weighted by atomic mass is 10.2. The Morgan fingerprint density at radius 2 is 1.89 bits per heavy atom. The van der Waals surface area contributed by atoms with Gasteiger partial charge in [0.05, 0.1) is 0 Å². The summed E-state index contributed by atoms with van der Waals surface area (Å²) in [4.78, 5) is 3.87. The first kappa shape index (κ1) is 13.7. The summed E-state index contributed by atoms with van der Waals surface area (Å²) in [6, 6.07) is 15.2. The molecule has 0 spiro atoms. The minimum Gasteiger partial charge on any atom is -0.489 e. The molecule has 0 saturated carbocycles. The zero-order valence-electron chi connectivity index (χ0n) is 10.6. The summed E-state index contributed by atoms with van der Waals surface area (Å²) >= 11 is 0. The molecule has 3 nitrogen and oxygen atoms in total. The smallest absolute Gasteiger partial charge is 0.144 e. The Bertz CT molecular complexity index is 503. The predicted octanol–water partition coefficient (Wildman–Crippen LogP) is 3.56. The molecule has 18 heavy (non-hydrogen) atoms. The van der Waals surface area contributed by atoms with Crippen molar-refractivity contribution in [2.75, 3.05) is 0 Å². The van der Waals surface area contributed by atoms with Gasteiger partial charge in [-0.1, -0.05) is 44.2 Å². The van der Waals surface area contributed by atoms with Gasteiger partial charge in [-0.15, -0.1) is 0 Å². The molecule has 0 aliphatic heterocycles. The highest BCUT2D eigenvalue weighted by molar-refractivity contribution is 5.30. The number of hydrogen-bond acceptors (Lipinski definition) is 3. The van der Waals surface area contributed by atoms with Crippen LogP contribution in [0, 0.1) is 11.3 Å². The van der Waals surface area contributed by atoms with Crippen LogP contribution in [0.2, 0.25) is 0 Å². The Morgan fingerprint density at radius 1 is 1.17 bits per heavy atom. The summed E-state index contributed by atoms with van der Waals surface area (Å²) in [7, 11) is 0. The molecule has 0 saturated heterocycles. The van der Waals surface area contributed by atoms with E-state index in [0.717, 1.165) is 5.56 Å². The summed E-state index contributed by atoms with van der Waals surface area (Å²) in [5.41, 5.74) is 1.46. The van der Waals surface area contributed by atoms with Gasteiger partial charge in [-0.05, 0) is 11.6 Å². The normalized spacial score (nSPS) is 8.72. The maximum absolute atomic E-state index is 8.68. The number of pyridine rings is 1. The van der Waals surface area contributed by atoms with Crippen LogP contribution in [0.15, 0.2) is 48.7 Å². The van der Waals surface area contributed by atoms with Crippen LogP contribution in [0.4, 0.5) is 0 Å². The molecule has 0 radical (unpaired) electrons. The van der Waals surface area contributed by atoms with Crippen molar-refractivity contribution in [1.29, 1.82) is 5.26 Å². The standard InChI is InChI=1S/C13H10N2O.C2H6/c14-9-12-8-13(6-7-15-12)16-10-11-4-2-1-3-5-11;1-2/h1-8H,10H2;1-2H3. The van der Waals surface area contributed by atoms with Gasteiger partial charge in [0.1, 0.15) is 24.1 Å². The zero-order valence-corrected chi connectivity index (χ0v) is 10.6. The van der Waals surface area contributed by atoms with Crippen molar-refractivity contribution in [2.45, 2.75) is 20.5 Å². The number of aromatic nitrogens is 1. The van der Waals surface area contributed by atoms with E-state index in [-0.39, 0.29) is 0 Å². The molecule has 0 aliphatic carbocycles. The molecule has 1 aromatic heterocycles. The topological polar surface area (TPSA) is 45.9 Å². The van der Waals surface area contributed by atoms with Crippen molar-refractivity contribution in [3.63, 3.8) is 0 Å². The third-order valence-electron chi connectivity index (χ3n) is 2.09. The summed E-state index contributed by atoms with van der Waals surface area (Å²) in [5, 5.41) is 8.68. The molecule has 2 rings (SSSR count). The van der Waals surface area contributed by atoms with Crippen molar-refractivity contribution >= 4 is 0 Å². The molecule has 0 atom stereocenters. The Hall–Kier alpha value is -2.34. The maximum atomic E-state index is 8.68. The van der Waals surface area contributed by atoms with Crippen LogP contribution in [0.1, 0.15) is 25.1 Å². The molecule has 3 heteroatoms. The van der Waals surface area contributed by atoms with Crippen molar-refractivity contribution in [3.05, 3.63) is 59.9 Å². The van der Waals surface area contributed by atoms with Gasteiger partial charge in [-0.2, -0.15) is 5.26 Å². The number of rotatable bonds is 3. The van der Waals surface area contributed by atoms with E-state index in [9.17, 15) is 0 Å². The van der Waals surface area contributed by atoms with Crippen LogP contribution in [0.3, 0.4) is 0 Å². The van der Waals surface area contributed by atoms with Crippen LogP contribution in [0.5, 0.6) is 5.75 Å². The number of benzene rings is 1. The molecule has 0 amide bonds. The maximum Gasteiger partial charge on any atom is 0.144 e. The molecule has 0 aliphatic rings. The first-order chi connectivity index (χ1) is 8.88. The highest BCUT2D eigenvalue weighted by Gasteiger charge is 1.97. The number of hydrogen-bond donors (Lipinski definition) is 0. The minimum atomic E-state index is 0.366. The molecule has 92 valence electrons. The van der Waals surface area contributed by atoms with E-state index < -0.39 is 0 Å².